The van der Waals surface area contributed by atoms with Gasteiger partial charge in [-0.2, -0.15) is 0 Å². The molecule has 0 saturated carbocycles. The van der Waals surface area contributed by atoms with E-state index in [1.165, 1.54) is 0 Å². The zero-order valence-corrected chi connectivity index (χ0v) is 14.5. The van der Waals surface area contributed by atoms with Crippen LogP contribution < -0.4 is 5.32 Å². The molecule has 0 aromatic carbocycles. The highest BCUT2D eigenvalue weighted by molar-refractivity contribution is 7.99. The third-order valence-corrected chi connectivity index (χ3v) is 4.78. The molecule has 0 aliphatic carbocycles. The van der Waals surface area contributed by atoms with Crippen molar-refractivity contribution < 1.29 is 9.32 Å². The van der Waals surface area contributed by atoms with Gasteiger partial charge in [0.1, 0.15) is 5.76 Å². The van der Waals surface area contributed by atoms with Crippen LogP contribution in [-0.4, -0.2) is 47.9 Å². The quantitative estimate of drug-likeness (QED) is 0.894. The average Bonchev–Trinajstić information content (AvgIpc) is 2.79. The maximum atomic E-state index is 12.2. The third kappa shape index (κ3) is 4.90. The Labute approximate surface area is 136 Å². The first-order chi connectivity index (χ1) is 9.61. The van der Waals surface area contributed by atoms with Gasteiger partial charge in [-0.3, -0.25) is 4.79 Å². The van der Waals surface area contributed by atoms with Crippen LogP contribution in [0.1, 0.15) is 29.9 Å². The van der Waals surface area contributed by atoms with Crippen LogP contribution in [-0.2, 0) is 10.5 Å². The molecule has 1 aliphatic rings. The van der Waals surface area contributed by atoms with Crippen LogP contribution in [0.15, 0.2) is 4.52 Å². The highest BCUT2D eigenvalue weighted by Gasteiger charge is 2.22. The Hall–Kier alpha value is -0.720. The van der Waals surface area contributed by atoms with E-state index < -0.39 is 0 Å². The van der Waals surface area contributed by atoms with E-state index in [1.54, 1.807) is 11.8 Å². The second-order valence-corrected chi connectivity index (χ2v) is 6.25. The van der Waals surface area contributed by atoms with Crippen molar-refractivity contribution in [2.75, 3.05) is 25.9 Å². The lowest BCUT2D eigenvalue weighted by Crippen LogP contribution is -2.47. The van der Waals surface area contributed by atoms with E-state index >= 15 is 0 Å². The Balaban J connectivity index is 0.00000220. The van der Waals surface area contributed by atoms with Crippen molar-refractivity contribution >= 4 is 30.1 Å². The van der Waals surface area contributed by atoms with Gasteiger partial charge in [-0.15, -0.1) is 24.2 Å². The molecule has 0 radical (unpaired) electrons. The Morgan fingerprint density at radius 1 is 1.52 bits per heavy atom. The molecule has 1 amide bonds. The number of aromatic nitrogens is 1. The smallest absolute Gasteiger partial charge is 0.232 e. The van der Waals surface area contributed by atoms with Gasteiger partial charge in [0.15, 0.2) is 0 Å². The lowest BCUT2D eigenvalue weighted by Gasteiger charge is -2.32. The number of nitrogens with zero attached hydrogens (tertiary/aromatic N) is 2. The number of carbonyl (C=O) groups excluding carboxylic acids is 1. The summed E-state index contributed by atoms with van der Waals surface area (Å²) in [6.07, 6.45) is 2.25. The van der Waals surface area contributed by atoms with Crippen molar-refractivity contribution in [3.8, 4) is 0 Å². The number of aryl methyl sites for hydroxylation is 2. The molecule has 7 heteroatoms. The first-order valence-electron chi connectivity index (χ1n) is 7.06. The van der Waals surface area contributed by atoms with Gasteiger partial charge in [0.25, 0.3) is 0 Å². The van der Waals surface area contributed by atoms with Gasteiger partial charge in [0.2, 0.25) is 5.91 Å². The van der Waals surface area contributed by atoms with Crippen LogP contribution in [0.3, 0.4) is 0 Å². The highest BCUT2D eigenvalue weighted by Crippen LogP contribution is 2.20. The molecule has 0 spiro atoms. The summed E-state index contributed by atoms with van der Waals surface area (Å²) < 4.78 is 5.13. The molecular weight excluding hydrogens is 310 g/mol. The van der Waals surface area contributed by atoms with E-state index in [1.807, 2.05) is 25.8 Å². The summed E-state index contributed by atoms with van der Waals surface area (Å²) in [4.78, 5) is 14.2. The Kier molecular flexibility index (Phi) is 7.56. The fraction of sp³-hybridized carbons (Fsp3) is 0.714. The molecule has 2 rings (SSSR count). The molecule has 1 N–H and O–H groups in total. The Morgan fingerprint density at radius 2 is 2.29 bits per heavy atom. The summed E-state index contributed by atoms with van der Waals surface area (Å²) in [6, 6.07) is 0.445. The predicted molar refractivity (Wildman–Crippen MR) is 88.0 cm³/mol. The lowest BCUT2D eigenvalue weighted by molar-refractivity contribution is -0.129. The molecule has 1 unspecified atom stereocenters. The molecule has 120 valence electrons. The fourth-order valence-electron chi connectivity index (χ4n) is 2.48. The van der Waals surface area contributed by atoms with E-state index in [9.17, 15) is 4.79 Å². The number of halogens is 1. The van der Waals surface area contributed by atoms with Crippen molar-refractivity contribution in [2.24, 2.45) is 0 Å². The molecule has 5 nitrogen and oxygen atoms in total. The number of carbonyl (C=O) groups is 1. The second-order valence-electron chi connectivity index (χ2n) is 5.26. The molecule has 1 aromatic rings. The first kappa shape index (κ1) is 18.3. The zero-order chi connectivity index (χ0) is 14.5. The van der Waals surface area contributed by atoms with E-state index in [0.29, 0.717) is 11.8 Å². The number of nitrogens with one attached hydrogen (secondary N) is 1. The van der Waals surface area contributed by atoms with E-state index in [0.717, 1.165) is 48.7 Å². The monoisotopic (exact) mass is 333 g/mol. The number of thioether (sulfide) groups is 1. The van der Waals surface area contributed by atoms with E-state index in [4.69, 9.17) is 4.52 Å². The summed E-state index contributed by atoms with van der Waals surface area (Å²) in [5.41, 5.74) is 2.05. The fourth-order valence-corrected chi connectivity index (χ4v) is 3.55. The minimum atomic E-state index is 0. The third-order valence-electron chi connectivity index (χ3n) is 3.84. The summed E-state index contributed by atoms with van der Waals surface area (Å²) in [5, 5.41) is 7.19. The number of hydrogen-bond donors (Lipinski definition) is 1. The van der Waals surface area contributed by atoms with Gasteiger partial charge in [-0.05, 0) is 33.7 Å². The van der Waals surface area contributed by atoms with Crippen LogP contribution in [0.4, 0.5) is 0 Å². The van der Waals surface area contributed by atoms with Gasteiger partial charge >= 0.3 is 0 Å². The van der Waals surface area contributed by atoms with Crippen LogP contribution in [0.25, 0.3) is 0 Å². The summed E-state index contributed by atoms with van der Waals surface area (Å²) in [7, 11) is 1.96. The van der Waals surface area contributed by atoms with Crippen molar-refractivity contribution in [3.63, 3.8) is 0 Å². The molecule has 21 heavy (non-hydrogen) atoms. The minimum Gasteiger partial charge on any atom is -0.361 e. The largest absolute Gasteiger partial charge is 0.361 e. The number of hydrogen-bond acceptors (Lipinski definition) is 5. The lowest BCUT2D eigenvalue weighted by atomic mass is 10.1. The van der Waals surface area contributed by atoms with Crippen LogP contribution in [0.5, 0.6) is 0 Å². The number of amides is 1. The van der Waals surface area contributed by atoms with Gasteiger partial charge in [0.05, 0.1) is 11.4 Å². The summed E-state index contributed by atoms with van der Waals surface area (Å²) in [6.45, 7) is 5.58. The average molecular weight is 334 g/mol. The van der Waals surface area contributed by atoms with Crippen LogP contribution in [0.2, 0.25) is 0 Å². The normalized spacial score (nSPS) is 18.4. The van der Waals surface area contributed by atoms with Crippen molar-refractivity contribution in [2.45, 2.75) is 38.5 Å². The van der Waals surface area contributed by atoms with Crippen molar-refractivity contribution in [1.29, 1.82) is 0 Å². The van der Waals surface area contributed by atoms with E-state index in [2.05, 4.69) is 10.5 Å². The molecule has 1 atom stereocenters. The van der Waals surface area contributed by atoms with Crippen molar-refractivity contribution in [3.05, 3.63) is 17.0 Å². The summed E-state index contributed by atoms with van der Waals surface area (Å²) >= 11 is 1.64. The molecular formula is C14H24ClN3O2S. The molecule has 1 aromatic heterocycles. The molecule has 2 heterocycles. The number of rotatable bonds is 5. The van der Waals surface area contributed by atoms with Crippen LogP contribution in [0, 0.1) is 13.8 Å². The molecule has 1 fully saturated rings. The van der Waals surface area contributed by atoms with Crippen LogP contribution >= 0.6 is 24.2 Å². The predicted octanol–water partition coefficient (Wildman–Crippen LogP) is 2.16. The highest BCUT2D eigenvalue weighted by atomic mass is 35.5. The zero-order valence-electron chi connectivity index (χ0n) is 12.8. The minimum absolute atomic E-state index is 0. The maximum Gasteiger partial charge on any atom is 0.232 e. The Bertz CT molecular complexity index is 448. The maximum absolute atomic E-state index is 12.2. The molecule has 0 bridgehead atoms. The van der Waals surface area contributed by atoms with Gasteiger partial charge in [-0.25, -0.2) is 0 Å². The molecule has 1 aliphatic heterocycles. The number of piperidine rings is 1. The van der Waals surface area contributed by atoms with Gasteiger partial charge in [-0.1, -0.05) is 5.16 Å². The first-order valence-corrected chi connectivity index (χ1v) is 8.21. The van der Waals surface area contributed by atoms with E-state index in [-0.39, 0.29) is 18.3 Å². The second kappa shape index (κ2) is 8.66. The Morgan fingerprint density at radius 3 is 2.90 bits per heavy atom. The topological polar surface area (TPSA) is 58.4 Å². The van der Waals surface area contributed by atoms with Crippen molar-refractivity contribution in [1.82, 2.24) is 15.4 Å². The van der Waals surface area contributed by atoms with Gasteiger partial charge in [0, 0.05) is 30.4 Å². The number of likely N-dealkylation sites (N-methyl/N-ethyl adjacent to an activating group) is 1. The summed E-state index contributed by atoms with van der Waals surface area (Å²) in [5.74, 6) is 2.41. The SMILES string of the molecule is CNC1CCCN(C(=O)CSCc2c(C)noc2C)C1.Cl. The molecule has 1 saturated heterocycles. The number of likely N-dealkylation sites (tertiary alicyclic amines) is 1. The van der Waals surface area contributed by atoms with Gasteiger partial charge < -0.3 is 14.7 Å². The standard InChI is InChI=1S/C14H23N3O2S.ClH/c1-10-13(11(2)19-16-10)8-20-9-14(18)17-6-4-5-12(7-17)15-3;/h12,15H,4-9H2,1-3H3;1H.